The van der Waals surface area contributed by atoms with Gasteiger partial charge in [0.1, 0.15) is 17.9 Å². The van der Waals surface area contributed by atoms with Crippen LogP contribution in [0.3, 0.4) is 0 Å². The van der Waals surface area contributed by atoms with Crippen LogP contribution in [0.25, 0.3) is 0 Å². The quantitative estimate of drug-likeness (QED) is 0.840. The highest BCUT2D eigenvalue weighted by Crippen LogP contribution is 2.19. The summed E-state index contributed by atoms with van der Waals surface area (Å²) in [5.41, 5.74) is 0.567. The summed E-state index contributed by atoms with van der Waals surface area (Å²) in [5.74, 6) is 0.0912. The fourth-order valence-corrected chi connectivity index (χ4v) is 2.31. The van der Waals surface area contributed by atoms with Crippen LogP contribution < -0.4 is 4.74 Å². The van der Waals surface area contributed by atoms with Gasteiger partial charge in [0, 0.05) is 31.6 Å². The van der Waals surface area contributed by atoms with Crippen LogP contribution in [0.5, 0.6) is 5.88 Å². The molecule has 0 aliphatic carbocycles. The van der Waals surface area contributed by atoms with E-state index in [4.69, 9.17) is 10.00 Å². The second-order valence-corrected chi connectivity index (χ2v) is 4.82. The van der Waals surface area contributed by atoms with Gasteiger partial charge in [0.25, 0.3) is 11.8 Å². The van der Waals surface area contributed by atoms with E-state index < -0.39 is 0 Å². The van der Waals surface area contributed by atoms with Crippen LogP contribution >= 0.6 is 0 Å². The van der Waals surface area contributed by atoms with Gasteiger partial charge >= 0.3 is 0 Å². The predicted octanol–water partition coefficient (Wildman–Crippen LogP) is 1.04. The molecule has 3 heterocycles. The van der Waals surface area contributed by atoms with Gasteiger partial charge in [0.15, 0.2) is 0 Å². The van der Waals surface area contributed by atoms with Crippen LogP contribution in [0.1, 0.15) is 22.6 Å². The Morgan fingerprint density at radius 2 is 2.14 bits per heavy atom. The normalized spacial score (nSPS) is 17.0. The topological polar surface area (TPSA) is 92.0 Å². The van der Waals surface area contributed by atoms with Gasteiger partial charge in [-0.1, -0.05) is 6.07 Å². The van der Waals surface area contributed by atoms with Crippen LogP contribution in [-0.2, 0) is 0 Å². The van der Waals surface area contributed by atoms with Crippen LogP contribution in [0.2, 0.25) is 0 Å². The molecule has 0 spiro atoms. The molecule has 2 aromatic rings. The van der Waals surface area contributed by atoms with Gasteiger partial charge in [-0.05, 0) is 12.1 Å². The van der Waals surface area contributed by atoms with E-state index in [0.717, 1.165) is 0 Å². The number of nitriles is 1. The average Bonchev–Trinajstić information content (AvgIpc) is 3.04. The first-order chi connectivity index (χ1) is 10.8. The molecule has 0 unspecified atom stereocenters. The Balaban J connectivity index is 1.66. The summed E-state index contributed by atoms with van der Waals surface area (Å²) in [5, 5.41) is 8.98. The number of ether oxygens (including phenoxy) is 1. The third-order valence-corrected chi connectivity index (χ3v) is 3.37. The molecule has 1 fully saturated rings. The molecule has 3 rings (SSSR count). The Hall–Kier alpha value is -3.01. The number of aromatic nitrogens is 3. The predicted molar refractivity (Wildman–Crippen MR) is 75.9 cm³/mol. The van der Waals surface area contributed by atoms with Crippen LogP contribution in [-0.4, -0.2) is 45.0 Å². The molecular weight excluding hydrogens is 282 g/mol. The highest BCUT2D eigenvalue weighted by molar-refractivity contribution is 5.92. The number of likely N-dealkylation sites (tertiary alicyclic amines) is 1. The van der Waals surface area contributed by atoms with E-state index in [9.17, 15) is 4.79 Å². The lowest BCUT2D eigenvalue weighted by Crippen LogP contribution is -2.31. The van der Waals surface area contributed by atoms with Crippen molar-refractivity contribution in [2.24, 2.45) is 0 Å². The smallest absolute Gasteiger partial charge is 0.272 e. The fraction of sp³-hybridized carbons (Fsp3) is 0.267. The second-order valence-electron chi connectivity index (χ2n) is 4.82. The van der Waals surface area contributed by atoms with E-state index in [1.54, 1.807) is 29.3 Å². The van der Waals surface area contributed by atoms with Crippen molar-refractivity contribution >= 4 is 5.91 Å². The van der Waals surface area contributed by atoms with Crippen molar-refractivity contribution in [1.29, 1.82) is 5.26 Å². The number of carbonyl (C=O) groups is 1. The van der Waals surface area contributed by atoms with E-state index in [0.29, 0.717) is 25.2 Å². The number of pyridine rings is 1. The summed E-state index contributed by atoms with van der Waals surface area (Å²) < 4.78 is 5.70. The van der Waals surface area contributed by atoms with Crippen molar-refractivity contribution in [3.05, 3.63) is 48.2 Å². The molecule has 0 aromatic carbocycles. The molecule has 1 amide bonds. The Kier molecular flexibility index (Phi) is 3.92. The van der Waals surface area contributed by atoms with Crippen molar-refractivity contribution in [2.45, 2.75) is 12.5 Å². The fourth-order valence-electron chi connectivity index (χ4n) is 2.31. The Morgan fingerprint density at radius 1 is 1.27 bits per heavy atom. The minimum atomic E-state index is -0.198. The minimum absolute atomic E-state index is 0.119. The number of nitrogens with zero attached hydrogens (tertiary/aromatic N) is 5. The number of rotatable bonds is 3. The Morgan fingerprint density at radius 3 is 2.91 bits per heavy atom. The van der Waals surface area contributed by atoms with Gasteiger partial charge in [-0.15, -0.1) is 0 Å². The molecule has 1 aliphatic rings. The molecule has 7 nitrogen and oxygen atoms in total. The molecule has 1 atom stereocenters. The van der Waals surface area contributed by atoms with Crippen LogP contribution in [0.15, 0.2) is 36.8 Å². The molecule has 22 heavy (non-hydrogen) atoms. The summed E-state index contributed by atoms with van der Waals surface area (Å²) in [6, 6.07) is 7.18. The maximum Gasteiger partial charge on any atom is 0.272 e. The Labute approximate surface area is 127 Å². The van der Waals surface area contributed by atoms with Crippen molar-refractivity contribution in [3.63, 3.8) is 0 Å². The van der Waals surface area contributed by atoms with Crippen molar-refractivity contribution < 1.29 is 9.53 Å². The third-order valence-electron chi connectivity index (χ3n) is 3.37. The zero-order valence-corrected chi connectivity index (χ0v) is 11.7. The van der Waals surface area contributed by atoms with E-state index in [-0.39, 0.29) is 23.6 Å². The van der Waals surface area contributed by atoms with E-state index >= 15 is 0 Å². The molecule has 0 radical (unpaired) electrons. The molecule has 0 bridgehead atoms. The lowest BCUT2D eigenvalue weighted by Gasteiger charge is -2.16. The van der Waals surface area contributed by atoms with Crippen molar-refractivity contribution in [3.8, 4) is 11.9 Å². The lowest BCUT2D eigenvalue weighted by molar-refractivity contribution is 0.0765. The number of hydrogen-bond donors (Lipinski definition) is 0. The van der Waals surface area contributed by atoms with Gasteiger partial charge in [0.2, 0.25) is 5.69 Å². The van der Waals surface area contributed by atoms with Gasteiger partial charge < -0.3 is 9.64 Å². The number of carbonyl (C=O) groups excluding carboxylic acids is 1. The number of hydrogen-bond acceptors (Lipinski definition) is 6. The minimum Gasteiger partial charge on any atom is -0.470 e. The van der Waals surface area contributed by atoms with E-state index in [2.05, 4.69) is 15.0 Å². The zero-order valence-electron chi connectivity index (χ0n) is 11.7. The summed E-state index contributed by atoms with van der Waals surface area (Å²) in [4.78, 5) is 26.0. The molecule has 0 saturated carbocycles. The van der Waals surface area contributed by atoms with Gasteiger partial charge in [-0.2, -0.15) is 5.26 Å². The number of amides is 1. The molecule has 2 aromatic heterocycles. The third kappa shape index (κ3) is 2.86. The second kappa shape index (κ2) is 6.18. The van der Waals surface area contributed by atoms with E-state index in [1.807, 2.05) is 6.07 Å². The summed E-state index contributed by atoms with van der Waals surface area (Å²) in [6.07, 6.45) is 4.99. The average molecular weight is 295 g/mol. The molecular formula is C15H13N5O2. The first-order valence-electron chi connectivity index (χ1n) is 6.86. The maximum absolute atomic E-state index is 12.3. The molecule has 110 valence electrons. The summed E-state index contributed by atoms with van der Waals surface area (Å²) >= 11 is 0. The van der Waals surface area contributed by atoms with Crippen molar-refractivity contribution in [2.75, 3.05) is 13.1 Å². The summed E-state index contributed by atoms with van der Waals surface area (Å²) in [6.45, 7) is 1.03. The monoisotopic (exact) mass is 295 g/mol. The van der Waals surface area contributed by atoms with Crippen LogP contribution in [0.4, 0.5) is 0 Å². The first kappa shape index (κ1) is 13.9. The van der Waals surface area contributed by atoms with E-state index in [1.165, 1.54) is 12.4 Å². The standard InChI is InChI=1S/C15H13N5O2/c16-9-13-14(19-7-6-18-13)22-11-4-8-20(10-11)15(21)12-3-1-2-5-17-12/h1-3,5-7,11H,4,8,10H2/t11-/m1/s1. The Bertz CT molecular complexity index is 713. The van der Waals surface area contributed by atoms with Crippen molar-refractivity contribution in [1.82, 2.24) is 19.9 Å². The van der Waals surface area contributed by atoms with Gasteiger partial charge in [0.05, 0.1) is 6.54 Å². The largest absolute Gasteiger partial charge is 0.470 e. The maximum atomic E-state index is 12.3. The SMILES string of the molecule is N#Cc1nccnc1O[C@@H]1CCN(C(=O)c2ccccn2)C1. The molecule has 0 N–H and O–H groups in total. The molecule has 1 saturated heterocycles. The zero-order chi connectivity index (χ0) is 15.4. The highest BCUT2D eigenvalue weighted by Gasteiger charge is 2.29. The van der Waals surface area contributed by atoms with Gasteiger partial charge in [-0.3, -0.25) is 9.78 Å². The van der Waals surface area contributed by atoms with Gasteiger partial charge in [-0.25, -0.2) is 9.97 Å². The lowest BCUT2D eigenvalue weighted by atomic mass is 10.3. The molecule has 1 aliphatic heterocycles. The molecule has 7 heteroatoms. The first-order valence-corrected chi connectivity index (χ1v) is 6.86. The highest BCUT2D eigenvalue weighted by atomic mass is 16.5. The van der Waals surface area contributed by atoms with Crippen LogP contribution in [0, 0.1) is 11.3 Å². The summed E-state index contributed by atoms with van der Waals surface area (Å²) in [7, 11) is 0.